The summed E-state index contributed by atoms with van der Waals surface area (Å²) in [4.78, 5) is 52.1. The van der Waals surface area contributed by atoms with Crippen molar-refractivity contribution in [3.63, 3.8) is 0 Å². The van der Waals surface area contributed by atoms with Crippen LogP contribution in [0, 0.1) is 0 Å². The van der Waals surface area contributed by atoms with E-state index in [0.29, 0.717) is 82.2 Å². The number of methoxy groups -OCH3 is 4. The second kappa shape index (κ2) is 15.0. The van der Waals surface area contributed by atoms with Gasteiger partial charge in [0, 0.05) is 42.7 Å². The van der Waals surface area contributed by atoms with Crippen molar-refractivity contribution < 1.29 is 37.7 Å². The number of aryl methyl sites for hydroxylation is 1. The van der Waals surface area contributed by atoms with Gasteiger partial charge in [0.25, 0.3) is 0 Å². The summed E-state index contributed by atoms with van der Waals surface area (Å²) >= 11 is 0. The number of nitrogens with one attached hydrogen (secondary N) is 3. The monoisotopic (exact) mass is 657 g/mol. The third kappa shape index (κ3) is 6.98. The van der Waals surface area contributed by atoms with Crippen LogP contribution < -0.4 is 35.6 Å². The maximum Gasteiger partial charge on any atom is 0.239 e. The Kier molecular flexibility index (Phi) is 10.6. The summed E-state index contributed by atoms with van der Waals surface area (Å²) in [5.74, 6) is 0.535. The molecule has 0 radical (unpaired) electrons. The highest BCUT2D eigenvalue weighted by atomic mass is 16.5. The highest BCUT2D eigenvalue weighted by Crippen LogP contribution is 2.51. The Bertz CT molecular complexity index is 1900. The van der Waals surface area contributed by atoms with Crippen molar-refractivity contribution in [2.24, 2.45) is 0 Å². The molecule has 1 aromatic heterocycles. The topological polar surface area (TPSA) is 154 Å². The van der Waals surface area contributed by atoms with E-state index in [4.69, 9.17) is 23.4 Å². The number of hydrogen-bond donors (Lipinski definition) is 3. The van der Waals surface area contributed by atoms with Crippen LogP contribution in [0.1, 0.15) is 36.1 Å². The van der Waals surface area contributed by atoms with Gasteiger partial charge < -0.3 is 39.3 Å². The van der Waals surface area contributed by atoms with Crippen LogP contribution in [0.4, 0.5) is 0 Å². The molecule has 0 saturated carbocycles. The number of rotatable bonds is 12. The highest BCUT2D eigenvalue weighted by molar-refractivity contribution is 5.97. The molecule has 1 atom stereocenters. The molecular formula is C36H39N3O9. The molecule has 0 bridgehead atoms. The van der Waals surface area contributed by atoms with E-state index in [2.05, 4.69) is 16.0 Å². The Hall–Kier alpha value is -5.36. The first kappa shape index (κ1) is 34.0. The second-order valence-electron chi connectivity index (χ2n) is 11.3. The van der Waals surface area contributed by atoms with Crippen LogP contribution in [-0.2, 0) is 32.0 Å². The molecule has 3 aromatic carbocycles. The van der Waals surface area contributed by atoms with Crippen molar-refractivity contribution in [1.82, 2.24) is 16.0 Å². The van der Waals surface area contributed by atoms with Gasteiger partial charge in [0.05, 0.1) is 46.9 Å². The molecule has 3 N–H and O–H groups in total. The van der Waals surface area contributed by atoms with E-state index in [-0.39, 0.29) is 30.4 Å². The maximum absolute atomic E-state index is 14.1. The van der Waals surface area contributed by atoms with E-state index < -0.39 is 17.4 Å². The van der Waals surface area contributed by atoms with Crippen molar-refractivity contribution in [3.05, 3.63) is 75.4 Å². The first-order valence-electron chi connectivity index (χ1n) is 15.5. The lowest BCUT2D eigenvalue weighted by Gasteiger charge is -2.20. The third-order valence-corrected chi connectivity index (χ3v) is 8.24. The molecule has 252 valence electrons. The molecular weight excluding hydrogens is 618 g/mol. The van der Waals surface area contributed by atoms with Crippen molar-refractivity contribution in [2.45, 2.75) is 32.2 Å². The Morgan fingerprint density at radius 2 is 1.67 bits per heavy atom. The van der Waals surface area contributed by atoms with Gasteiger partial charge in [-0.2, -0.15) is 0 Å². The molecule has 5 rings (SSSR count). The normalized spacial score (nSPS) is 13.5. The quantitative estimate of drug-likeness (QED) is 0.194. The molecule has 1 aliphatic carbocycles. The first-order chi connectivity index (χ1) is 23.2. The van der Waals surface area contributed by atoms with Gasteiger partial charge in [-0.25, -0.2) is 0 Å². The zero-order chi connectivity index (χ0) is 34.4. The van der Waals surface area contributed by atoms with Gasteiger partial charge in [-0.3, -0.25) is 19.2 Å². The summed E-state index contributed by atoms with van der Waals surface area (Å²) in [6.45, 7) is 1.84. The number of benzene rings is 2. The Balaban J connectivity index is 1.76. The zero-order valence-electron chi connectivity index (χ0n) is 27.6. The fourth-order valence-corrected chi connectivity index (χ4v) is 6.14. The second-order valence-corrected chi connectivity index (χ2v) is 11.3. The predicted molar refractivity (Wildman–Crippen MR) is 179 cm³/mol. The maximum atomic E-state index is 14.1. The van der Waals surface area contributed by atoms with Crippen LogP contribution in [0.3, 0.4) is 0 Å². The van der Waals surface area contributed by atoms with Gasteiger partial charge in [0.2, 0.25) is 28.9 Å². The minimum atomic E-state index is -0.521. The molecule has 0 unspecified atom stereocenters. The fraction of sp³-hybridized carbons (Fsp3) is 0.333. The summed E-state index contributed by atoms with van der Waals surface area (Å²) in [7, 11) is 6.11. The van der Waals surface area contributed by atoms with Gasteiger partial charge in [0.1, 0.15) is 5.76 Å². The van der Waals surface area contributed by atoms with Crippen molar-refractivity contribution in [2.75, 3.05) is 48.1 Å². The average Bonchev–Trinajstić information content (AvgIpc) is 3.28. The van der Waals surface area contributed by atoms with Gasteiger partial charge >= 0.3 is 0 Å². The van der Waals surface area contributed by atoms with E-state index in [1.165, 1.54) is 34.3 Å². The average molecular weight is 658 g/mol. The summed E-state index contributed by atoms with van der Waals surface area (Å²) in [6.07, 6.45) is 0.820. The third-order valence-electron chi connectivity index (χ3n) is 8.24. The van der Waals surface area contributed by atoms with Crippen molar-refractivity contribution in [3.8, 4) is 39.7 Å². The van der Waals surface area contributed by atoms with E-state index in [9.17, 15) is 19.2 Å². The molecule has 48 heavy (non-hydrogen) atoms. The smallest absolute Gasteiger partial charge is 0.239 e. The lowest BCUT2D eigenvalue weighted by molar-refractivity contribution is -0.125. The standard InChI is InChI=1S/C36H39N3O9/c1-20(40)39-27-12-11-22-15-29(45-3)35(46-4)36(47-5)32(22)24-16-25-26(18-30(42)38-19-31(43)37-13-14-44-2)33(21-9-7-6-8-10-21)48-34(25)28(41)17-23(24)27/h6-10,15-17,27H,11-14,18-19H2,1-5H3,(H,37,43)(H,38,42)(H,39,40)/t27-/m0/s1. The van der Waals surface area contributed by atoms with Crippen molar-refractivity contribution >= 4 is 28.7 Å². The van der Waals surface area contributed by atoms with E-state index in [1.807, 2.05) is 42.5 Å². The van der Waals surface area contributed by atoms with Crippen LogP contribution >= 0.6 is 0 Å². The molecule has 4 aromatic rings. The molecule has 1 heterocycles. The summed E-state index contributed by atoms with van der Waals surface area (Å²) in [5.41, 5.74) is 3.45. The Morgan fingerprint density at radius 1 is 0.917 bits per heavy atom. The zero-order valence-corrected chi connectivity index (χ0v) is 27.6. The number of carbonyl (C=O) groups is 3. The lowest BCUT2D eigenvalue weighted by Crippen LogP contribution is -2.38. The highest BCUT2D eigenvalue weighted by Gasteiger charge is 2.31. The summed E-state index contributed by atoms with van der Waals surface area (Å²) < 4.78 is 28.6. The number of furan rings is 1. The molecule has 3 amide bonds. The van der Waals surface area contributed by atoms with Gasteiger partial charge in [-0.05, 0) is 47.7 Å². The van der Waals surface area contributed by atoms with Crippen LogP contribution in [0.25, 0.3) is 33.4 Å². The van der Waals surface area contributed by atoms with Crippen LogP contribution in [0.15, 0.2) is 57.7 Å². The largest absolute Gasteiger partial charge is 0.493 e. The van der Waals surface area contributed by atoms with Crippen LogP contribution in [0.5, 0.6) is 17.2 Å². The van der Waals surface area contributed by atoms with E-state index >= 15 is 0 Å². The van der Waals surface area contributed by atoms with Gasteiger partial charge in [-0.15, -0.1) is 0 Å². The minimum Gasteiger partial charge on any atom is -0.493 e. The van der Waals surface area contributed by atoms with Crippen LogP contribution in [0.2, 0.25) is 0 Å². The number of ether oxygens (including phenoxy) is 4. The number of hydrogen-bond acceptors (Lipinski definition) is 9. The van der Waals surface area contributed by atoms with E-state index in [1.54, 1.807) is 7.11 Å². The molecule has 0 fully saturated rings. The molecule has 12 nitrogen and oxygen atoms in total. The SMILES string of the molecule is COCCNC(=O)CNC(=O)Cc1c(-c2ccccc2)oc2c(=O)cc3c(cc12)-c1c(cc(OC)c(OC)c1OC)CC[C@@H]3NC(C)=O. The predicted octanol–water partition coefficient (Wildman–Crippen LogP) is 3.70. The van der Waals surface area contributed by atoms with Gasteiger partial charge in [0.15, 0.2) is 17.1 Å². The number of fused-ring (bicyclic) bond motifs is 4. The first-order valence-corrected chi connectivity index (χ1v) is 15.5. The fourth-order valence-electron chi connectivity index (χ4n) is 6.14. The van der Waals surface area contributed by atoms with E-state index in [0.717, 1.165) is 5.56 Å². The Morgan fingerprint density at radius 3 is 2.33 bits per heavy atom. The molecule has 12 heteroatoms. The number of carbonyl (C=O) groups excluding carboxylic acids is 3. The molecule has 0 spiro atoms. The minimum absolute atomic E-state index is 0.0459. The summed E-state index contributed by atoms with van der Waals surface area (Å²) in [6, 6.07) is 13.8. The lowest BCUT2D eigenvalue weighted by atomic mass is 9.94. The summed E-state index contributed by atoms with van der Waals surface area (Å²) in [5, 5.41) is 8.75. The molecule has 1 aliphatic rings. The molecule has 0 aliphatic heterocycles. The number of amides is 3. The van der Waals surface area contributed by atoms with Crippen LogP contribution in [-0.4, -0.2) is 65.9 Å². The molecule has 0 saturated heterocycles. The Labute approximate surface area is 277 Å². The van der Waals surface area contributed by atoms with Crippen molar-refractivity contribution in [1.29, 1.82) is 0 Å². The van der Waals surface area contributed by atoms with Gasteiger partial charge in [-0.1, -0.05) is 30.3 Å².